The Morgan fingerprint density at radius 1 is 1.17 bits per heavy atom. The Morgan fingerprint density at radius 2 is 1.92 bits per heavy atom. The van der Waals surface area contributed by atoms with Gasteiger partial charge in [0, 0.05) is 24.4 Å². The first-order chi connectivity index (χ1) is 11.0. The fourth-order valence-corrected chi connectivity index (χ4v) is 3.26. The third-order valence-corrected chi connectivity index (χ3v) is 4.55. The van der Waals surface area contributed by atoms with Crippen LogP contribution in [-0.4, -0.2) is 31.5 Å². The number of carbonyl (C=O) groups excluding carboxylic acids is 1. The zero-order chi connectivity index (χ0) is 16.4. The molecule has 2 aromatic carbocycles. The molecule has 2 aromatic rings. The predicted molar refractivity (Wildman–Crippen MR) is 99.1 cm³/mol. The molecule has 0 radical (unpaired) electrons. The first-order valence-electron chi connectivity index (χ1n) is 7.72. The van der Waals surface area contributed by atoms with Crippen LogP contribution in [0.4, 0.5) is 0 Å². The first-order valence-corrected chi connectivity index (χ1v) is 8.10. The van der Waals surface area contributed by atoms with Crippen molar-refractivity contribution in [3.63, 3.8) is 0 Å². The van der Waals surface area contributed by atoms with Crippen molar-refractivity contribution >= 4 is 30.0 Å². The molecule has 0 saturated heterocycles. The van der Waals surface area contributed by atoms with Crippen LogP contribution < -0.4 is 0 Å². The minimum absolute atomic E-state index is 0. The van der Waals surface area contributed by atoms with Crippen molar-refractivity contribution in [3.05, 3.63) is 70.2 Å². The Labute approximate surface area is 154 Å². The van der Waals surface area contributed by atoms with Gasteiger partial charge in [-0.15, -0.1) is 12.4 Å². The van der Waals surface area contributed by atoms with E-state index in [4.69, 9.17) is 16.3 Å². The summed E-state index contributed by atoms with van der Waals surface area (Å²) in [6.45, 7) is 0.821. The number of fused-ring (bicyclic) bond motifs is 1. The molecule has 1 heterocycles. The van der Waals surface area contributed by atoms with Crippen LogP contribution in [0, 0.1) is 0 Å². The fourth-order valence-electron chi connectivity index (χ4n) is 3.07. The summed E-state index contributed by atoms with van der Waals surface area (Å²) >= 11 is 6.17. The molecule has 24 heavy (non-hydrogen) atoms. The Balaban J connectivity index is 0.00000208. The maximum atomic E-state index is 12.5. The summed E-state index contributed by atoms with van der Waals surface area (Å²) in [5, 5.41) is 0.654. The van der Waals surface area contributed by atoms with Gasteiger partial charge in [-0.25, -0.2) is 4.79 Å². The molecule has 3 rings (SSSR count). The molecule has 0 spiro atoms. The Bertz CT molecular complexity index is 733. The van der Waals surface area contributed by atoms with Crippen molar-refractivity contribution in [2.75, 3.05) is 20.6 Å². The van der Waals surface area contributed by atoms with Crippen LogP contribution in [0.1, 0.15) is 27.9 Å². The lowest BCUT2D eigenvalue weighted by molar-refractivity contribution is -0.0355. The SMILES string of the molecule is CN(C)CCC1(c2cccc(Cl)c2)Cc2ccccc2C(=O)O1.Cl. The van der Waals surface area contributed by atoms with Crippen LogP contribution in [0.25, 0.3) is 0 Å². The van der Waals surface area contributed by atoms with Gasteiger partial charge in [0.25, 0.3) is 0 Å². The molecule has 1 unspecified atom stereocenters. The summed E-state index contributed by atoms with van der Waals surface area (Å²) < 4.78 is 5.97. The average Bonchev–Trinajstić information content (AvgIpc) is 2.53. The lowest BCUT2D eigenvalue weighted by Gasteiger charge is -2.39. The quantitative estimate of drug-likeness (QED) is 0.755. The van der Waals surface area contributed by atoms with Crippen LogP contribution in [0.3, 0.4) is 0 Å². The second-order valence-corrected chi connectivity index (χ2v) is 6.72. The summed E-state index contributed by atoms with van der Waals surface area (Å²) in [7, 11) is 4.04. The Hall–Kier alpha value is -1.55. The van der Waals surface area contributed by atoms with E-state index in [1.54, 1.807) is 0 Å². The van der Waals surface area contributed by atoms with E-state index in [-0.39, 0.29) is 18.4 Å². The highest BCUT2D eigenvalue weighted by Gasteiger charge is 2.41. The highest BCUT2D eigenvalue weighted by molar-refractivity contribution is 6.30. The van der Waals surface area contributed by atoms with Gasteiger partial charge < -0.3 is 9.64 Å². The molecule has 128 valence electrons. The van der Waals surface area contributed by atoms with Gasteiger partial charge in [0.1, 0.15) is 5.60 Å². The minimum atomic E-state index is -0.666. The maximum absolute atomic E-state index is 12.5. The van der Waals surface area contributed by atoms with Gasteiger partial charge >= 0.3 is 5.97 Å². The number of esters is 1. The van der Waals surface area contributed by atoms with E-state index >= 15 is 0 Å². The van der Waals surface area contributed by atoms with Crippen molar-refractivity contribution in [1.29, 1.82) is 0 Å². The van der Waals surface area contributed by atoms with Crippen molar-refractivity contribution in [2.45, 2.75) is 18.4 Å². The number of ether oxygens (including phenoxy) is 1. The number of benzene rings is 2. The summed E-state index contributed by atoms with van der Waals surface area (Å²) in [6, 6.07) is 15.3. The van der Waals surface area contributed by atoms with Gasteiger partial charge in [-0.2, -0.15) is 0 Å². The summed E-state index contributed by atoms with van der Waals surface area (Å²) in [6.07, 6.45) is 1.39. The highest BCUT2D eigenvalue weighted by Crippen LogP contribution is 2.39. The van der Waals surface area contributed by atoms with Gasteiger partial charge in [-0.05, 0) is 43.4 Å². The van der Waals surface area contributed by atoms with Crippen molar-refractivity contribution < 1.29 is 9.53 Å². The molecule has 3 nitrogen and oxygen atoms in total. The van der Waals surface area contributed by atoms with E-state index in [9.17, 15) is 4.79 Å². The van der Waals surface area contributed by atoms with Crippen LogP contribution in [0.2, 0.25) is 5.02 Å². The van der Waals surface area contributed by atoms with E-state index in [2.05, 4.69) is 4.90 Å². The Kier molecular flexibility index (Phi) is 5.92. The topological polar surface area (TPSA) is 29.5 Å². The smallest absolute Gasteiger partial charge is 0.339 e. The van der Waals surface area contributed by atoms with E-state index in [0.29, 0.717) is 17.0 Å². The van der Waals surface area contributed by atoms with Gasteiger partial charge in [0.05, 0.1) is 5.56 Å². The predicted octanol–water partition coefficient (Wildman–Crippen LogP) is 4.32. The molecule has 0 fully saturated rings. The first kappa shape index (κ1) is 18.8. The molecule has 0 amide bonds. The molecular weight excluding hydrogens is 345 g/mol. The number of cyclic esters (lactones) is 1. The fraction of sp³-hybridized carbons (Fsp3) is 0.316. The van der Waals surface area contributed by atoms with Crippen LogP contribution in [-0.2, 0) is 16.8 Å². The lowest BCUT2D eigenvalue weighted by atomic mass is 9.81. The number of hydrogen-bond donors (Lipinski definition) is 0. The van der Waals surface area contributed by atoms with Crippen LogP contribution in [0.5, 0.6) is 0 Å². The molecule has 1 atom stereocenters. The van der Waals surface area contributed by atoms with E-state index < -0.39 is 5.60 Å². The minimum Gasteiger partial charge on any atom is -0.450 e. The average molecular weight is 366 g/mol. The molecule has 0 bridgehead atoms. The molecular formula is C19H21Cl2NO2. The molecule has 5 heteroatoms. The summed E-state index contributed by atoms with van der Waals surface area (Å²) in [5.74, 6) is -0.259. The normalized spacial score (nSPS) is 19.4. The molecule has 1 aliphatic heterocycles. The number of carbonyl (C=O) groups is 1. The Morgan fingerprint density at radius 3 is 2.62 bits per heavy atom. The number of nitrogens with zero attached hydrogens (tertiary/aromatic N) is 1. The van der Waals surface area contributed by atoms with Crippen molar-refractivity contribution in [2.24, 2.45) is 0 Å². The molecule has 0 aliphatic carbocycles. The number of halogens is 2. The third kappa shape index (κ3) is 3.75. The van der Waals surface area contributed by atoms with E-state index in [0.717, 1.165) is 24.1 Å². The number of rotatable bonds is 4. The van der Waals surface area contributed by atoms with Gasteiger partial charge in [-0.3, -0.25) is 0 Å². The second kappa shape index (κ2) is 7.56. The molecule has 1 aliphatic rings. The van der Waals surface area contributed by atoms with Crippen LogP contribution >= 0.6 is 24.0 Å². The monoisotopic (exact) mass is 365 g/mol. The summed E-state index contributed by atoms with van der Waals surface area (Å²) in [4.78, 5) is 14.6. The van der Waals surface area contributed by atoms with Gasteiger partial charge in [-0.1, -0.05) is 41.9 Å². The van der Waals surface area contributed by atoms with Crippen LogP contribution in [0.15, 0.2) is 48.5 Å². The highest BCUT2D eigenvalue weighted by atomic mass is 35.5. The van der Waals surface area contributed by atoms with Gasteiger partial charge in [0.15, 0.2) is 0 Å². The summed E-state index contributed by atoms with van der Waals surface area (Å²) in [5.41, 5.74) is 1.98. The number of hydrogen-bond acceptors (Lipinski definition) is 3. The third-order valence-electron chi connectivity index (χ3n) is 4.31. The van der Waals surface area contributed by atoms with Gasteiger partial charge in [0.2, 0.25) is 0 Å². The standard InChI is InChI=1S/C19H20ClNO2.ClH/c1-21(2)11-10-19(15-7-5-8-16(20)12-15)13-14-6-3-4-9-17(14)18(22)23-19;/h3-9,12H,10-11,13H2,1-2H3;1H. The molecule has 0 saturated carbocycles. The largest absolute Gasteiger partial charge is 0.450 e. The van der Waals surface area contributed by atoms with Crippen molar-refractivity contribution in [1.82, 2.24) is 4.90 Å². The van der Waals surface area contributed by atoms with Crippen molar-refractivity contribution in [3.8, 4) is 0 Å². The zero-order valence-electron chi connectivity index (χ0n) is 13.8. The molecule has 0 N–H and O–H groups in total. The maximum Gasteiger partial charge on any atom is 0.339 e. The second-order valence-electron chi connectivity index (χ2n) is 6.28. The van der Waals surface area contributed by atoms with E-state index in [1.165, 1.54) is 0 Å². The molecule has 0 aromatic heterocycles. The lowest BCUT2D eigenvalue weighted by Crippen LogP contribution is -2.41. The van der Waals surface area contributed by atoms with E-state index in [1.807, 2.05) is 62.6 Å². The zero-order valence-corrected chi connectivity index (χ0v) is 15.4.